The van der Waals surface area contributed by atoms with Crippen LogP contribution in [0.5, 0.6) is 5.75 Å². The number of aliphatic hydroxyl groups is 1. The fourth-order valence-corrected chi connectivity index (χ4v) is 5.72. The molecule has 2 unspecified atom stereocenters. The van der Waals surface area contributed by atoms with Gasteiger partial charge in [-0.05, 0) is 57.1 Å². The Hall–Kier alpha value is -2.11. The van der Waals surface area contributed by atoms with E-state index in [-0.39, 0.29) is 55.3 Å². The van der Waals surface area contributed by atoms with Crippen molar-refractivity contribution in [3.05, 3.63) is 29.0 Å². The van der Waals surface area contributed by atoms with Crippen LogP contribution in [-0.2, 0) is 9.59 Å². The Morgan fingerprint density at radius 3 is 2.50 bits per heavy atom. The summed E-state index contributed by atoms with van der Waals surface area (Å²) in [6, 6.07) is 3.61. The van der Waals surface area contributed by atoms with E-state index in [2.05, 4.69) is 16.0 Å². The molecular weight excluding hydrogens is 506 g/mol. The van der Waals surface area contributed by atoms with E-state index < -0.39 is 40.9 Å². The average Bonchev–Trinajstić information content (AvgIpc) is 2.84. The highest BCUT2D eigenvalue weighted by atomic mass is 35.5. The SMILES string of the molecule is O=C(COc1ccc(Cl)c(F)c1)NC12CCC(C(=O)NCC3CCC(C(F)(F)F)CN3)(CC1)C[C@H]2O. The molecule has 2 amide bonds. The van der Waals surface area contributed by atoms with Gasteiger partial charge in [0.2, 0.25) is 5.91 Å². The number of ether oxygens (including phenoxy) is 1. The Bertz CT molecular complexity index is 977. The lowest BCUT2D eigenvalue weighted by Gasteiger charge is -2.55. The molecule has 12 heteroatoms. The van der Waals surface area contributed by atoms with Crippen molar-refractivity contribution in [2.75, 3.05) is 19.7 Å². The van der Waals surface area contributed by atoms with Crippen LogP contribution in [0.2, 0.25) is 5.02 Å². The first-order valence-corrected chi connectivity index (χ1v) is 12.5. The second-order valence-corrected chi connectivity index (χ2v) is 10.6. The quantitative estimate of drug-likeness (QED) is 0.402. The zero-order valence-corrected chi connectivity index (χ0v) is 20.4. The molecule has 1 aromatic carbocycles. The molecule has 0 radical (unpaired) electrons. The summed E-state index contributed by atoms with van der Waals surface area (Å²) in [5, 5.41) is 19.4. The summed E-state index contributed by atoms with van der Waals surface area (Å²) in [4.78, 5) is 25.6. The molecule has 4 aliphatic rings. The van der Waals surface area contributed by atoms with Crippen molar-refractivity contribution >= 4 is 23.4 Å². The van der Waals surface area contributed by atoms with E-state index in [0.29, 0.717) is 32.1 Å². The van der Waals surface area contributed by atoms with Crippen LogP contribution < -0.4 is 20.7 Å². The summed E-state index contributed by atoms with van der Waals surface area (Å²) in [6.07, 6.45) is -2.90. The number of carbonyl (C=O) groups is 2. The van der Waals surface area contributed by atoms with E-state index in [9.17, 15) is 32.3 Å². The molecule has 0 spiro atoms. The standard InChI is InChI=1S/C24H30ClF4N3O4/c25-17-4-3-16(9-18(17)26)36-13-20(34)32-23-7-5-22(6-8-23,10-19(23)33)21(35)31-12-15-2-1-14(11-30-15)24(27,28)29/h3-4,9,14-15,19,30,33H,1-2,5-8,10-13H2,(H,31,35)(H,32,34)/t14?,15?,19-,22?,23?/m1/s1. The second-order valence-electron chi connectivity index (χ2n) is 10.2. The van der Waals surface area contributed by atoms with Gasteiger partial charge in [-0.2, -0.15) is 13.2 Å². The molecule has 4 N–H and O–H groups in total. The maximum absolute atomic E-state index is 13.5. The second kappa shape index (κ2) is 10.3. The number of hydrogen-bond acceptors (Lipinski definition) is 5. The van der Waals surface area contributed by atoms with E-state index >= 15 is 0 Å². The minimum absolute atomic E-state index is 0.0276. The number of fused-ring (bicyclic) bond motifs is 3. The molecule has 3 aliphatic carbocycles. The molecule has 3 atom stereocenters. The Balaban J connectivity index is 1.25. The molecule has 1 heterocycles. The zero-order chi connectivity index (χ0) is 26.1. The predicted molar refractivity (Wildman–Crippen MR) is 123 cm³/mol. The zero-order valence-electron chi connectivity index (χ0n) is 19.6. The first-order valence-electron chi connectivity index (χ1n) is 12.1. The third-order valence-corrected chi connectivity index (χ3v) is 8.25. The number of carbonyl (C=O) groups excluding carboxylic acids is 2. The van der Waals surface area contributed by atoms with Crippen LogP contribution in [0.25, 0.3) is 0 Å². The summed E-state index contributed by atoms with van der Waals surface area (Å²) in [5.74, 6) is -2.56. The molecule has 7 nitrogen and oxygen atoms in total. The van der Waals surface area contributed by atoms with Gasteiger partial charge in [0.05, 0.1) is 28.0 Å². The number of rotatable bonds is 7. The molecular formula is C24H30ClF4N3O4. The van der Waals surface area contributed by atoms with Gasteiger partial charge in [-0.15, -0.1) is 0 Å². The Morgan fingerprint density at radius 2 is 1.92 bits per heavy atom. The van der Waals surface area contributed by atoms with E-state index in [1.165, 1.54) is 12.1 Å². The fourth-order valence-electron chi connectivity index (χ4n) is 5.61. The van der Waals surface area contributed by atoms with Crippen LogP contribution in [0, 0.1) is 17.2 Å². The third-order valence-electron chi connectivity index (χ3n) is 7.94. The largest absolute Gasteiger partial charge is 0.484 e. The topological polar surface area (TPSA) is 99.7 Å². The molecule has 1 aromatic rings. The van der Waals surface area contributed by atoms with Gasteiger partial charge in [0.15, 0.2) is 6.61 Å². The molecule has 1 aliphatic heterocycles. The maximum Gasteiger partial charge on any atom is 0.393 e. The van der Waals surface area contributed by atoms with Gasteiger partial charge in [0, 0.05) is 25.2 Å². The summed E-state index contributed by atoms with van der Waals surface area (Å²) in [7, 11) is 0. The Kier molecular flexibility index (Phi) is 7.73. The normalized spacial score (nSPS) is 32.1. The highest BCUT2D eigenvalue weighted by molar-refractivity contribution is 6.30. The number of nitrogens with one attached hydrogen (secondary N) is 3. The molecule has 0 aromatic heterocycles. The minimum atomic E-state index is -4.22. The van der Waals surface area contributed by atoms with Crippen molar-refractivity contribution in [2.24, 2.45) is 11.3 Å². The Labute approximate surface area is 211 Å². The molecule has 1 saturated heterocycles. The third kappa shape index (κ3) is 5.73. The van der Waals surface area contributed by atoms with E-state index in [4.69, 9.17) is 16.3 Å². The summed E-state index contributed by atoms with van der Waals surface area (Å²) >= 11 is 5.64. The lowest BCUT2D eigenvalue weighted by molar-refractivity contribution is -0.179. The monoisotopic (exact) mass is 535 g/mol. The van der Waals surface area contributed by atoms with E-state index in [1.807, 2.05) is 0 Å². The minimum Gasteiger partial charge on any atom is -0.484 e. The van der Waals surface area contributed by atoms with Crippen LogP contribution in [-0.4, -0.2) is 60.5 Å². The fraction of sp³-hybridized carbons (Fsp3) is 0.667. The molecule has 36 heavy (non-hydrogen) atoms. The highest BCUT2D eigenvalue weighted by Gasteiger charge is 2.57. The van der Waals surface area contributed by atoms with Crippen molar-refractivity contribution in [3.8, 4) is 5.75 Å². The average molecular weight is 536 g/mol. The van der Waals surface area contributed by atoms with Gasteiger partial charge in [-0.25, -0.2) is 4.39 Å². The smallest absolute Gasteiger partial charge is 0.393 e. The first kappa shape index (κ1) is 26.9. The lowest BCUT2D eigenvalue weighted by Crippen LogP contribution is -2.67. The summed E-state index contributed by atoms with van der Waals surface area (Å²) < 4.78 is 57.4. The summed E-state index contributed by atoms with van der Waals surface area (Å²) in [6.45, 7) is -0.302. The van der Waals surface area contributed by atoms with Crippen LogP contribution in [0.15, 0.2) is 18.2 Å². The number of hydrogen-bond donors (Lipinski definition) is 4. The number of alkyl halides is 3. The Morgan fingerprint density at radius 1 is 1.19 bits per heavy atom. The van der Waals surface area contributed by atoms with Crippen molar-refractivity contribution in [3.63, 3.8) is 0 Å². The van der Waals surface area contributed by atoms with E-state index in [1.54, 1.807) is 0 Å². The lowest BCUT2D eigenvalue weighted by atomic mass is 9.55. The van der Waals surface area contributed by atoms with Gasteiger partial charge in [-0.1, -0.05) is 11.6 Å². The van der Waals surface area contributed by atoms with Crippen molar-refractivity contribution in [2.45, 2.75) is 68.8 Å². The molecule has 200 valence electrons. The number of aliphatic hydroxyl groups excluding tert-OH is 1. The number of amides is 2. The summed E-state index contributed by atoms with van der Waals surface area (Å²) in [5.41, 5.74) is -1.64. The van der Waals surface area contributed by atoms with Gasteiger partial charge in [-0.3, -0.25) is 9.59 Å². The van der Waals surface area contributed by atoms with Crippen LogP contribution in [0.1, 0.15) is 44.9 Å². The predicted octanol–water partition coefficient (Wildman–Crippen LogP) is 3.08. The highest BCUT2D eigenvalue weighted by Crippen LogP contribution is 2.52. The van der Waals surface area contributed by atoms with Crippen LogP contribution in [0.4, 0.5) is 17.6 Å². The van der Waals surface area contributed by atoms with Crippen molar-refractivity contribution in [1.29, 1.82) is 0 Å². The van der Waals surface area contributed by atoms with Crippen molar-refractivity contribution in [1.82, 2.24) is 16.0 Å². The maximum atomic E-state index is 13.5. The van der Waals surface area contributed by atoms with Gasteiger partial charge in [0.25, 0.3) is 5.91 Å². The molecule has 4 fully saturated rings. The number of piperidine rings is 1. The van der Waals surface area contributed by atoms with Gasteiger partial charge < -0.3 is 25.8 Å². The van der Waals surface area contributed by atoms with Gasteiger partial charge in [0.1, 0.15) is 11.6 Å². The number of benzene rings is 1. The molecule has 2 bridgehead atoms. The molecule has 5 rings (SSSR count). The first-order chi connectivity index (χ1) is 16.9. The van der Waals surface area contributed by atoms with E-state index in [0.717, 1.165) is 6.07 Å². The van der Waals surface area contributed by atoms with Gasteiger partial charge >= 0.3 is 6.18 Å². The molecule has 3 saturated carbocycles. The van der Waals surface area contributed by atoms with Crippen LogP contribution >= 0.6 is 11.6 Å². The van der Waals surface area contributed by atoms with Crippen LogP contribution in [0.3, 0.4) is 0 Å². The van der Waals surface area contributed by atoms with Crippen molar-refractivity contribution < 1.29 is 37.0 Å². The number of halogens is 5.